The van der Waals surface area contributed by atoms with Gasteiger partial charge >= 0.3 is 0 Å². The number of sulfone groups is 1. The number of carbonyl (C=O) groups excluding carboxylic acids is 1. The fourth-order valence-electron chi connectivity index (χ4n) is 1.27. The van der Waals surface area contributed by atoms with Gasteiger partial charge in [0.1, 0.15) is 4.21 Å². The first-order valence-corrected chi connectivity index (χ1v) is 8.67. The Bertz CT molecular complexity index is 544. The Balaban J connectivity index is 2.89. The molecule has 0 bridgehead atoms. The van der Waals surface area contributed by atoms with Crippen LogP contribution in [0.1, 0.15) is 44.3 Å². The van der Waals surface area contributed by atoms with Gasteiger partial charge in [-0.25, -0.2) is 8.42 Å². The maximum absolute atomic E-state index is 12.0. The fraction of sp³-hybridized carbons (Fsp3) is 0.615. The van der Waals surface area contributed by atoms with Crippen LogP contribution in [0.2, 0.25) is 0 Å². The van der Waals surface area contributed by atoms with Gasteiger partial charge in [0.25, 0.3) is 5.91 Å². The summed E-state index contributed by atoms with van der Waals surface area (Å²) in [4.78, 5) is 12.4. The quantitative estimate of drug-likeness (QED) is 0.909. The molecule has 108 valence electrons. The summed E-state index contributed by atoms with van der Waals surface area (Å²) in [6, 6.07) is 3.14. The Morgan fingerprint density at radius 1 is 1.16 bits per heavy atom. The lowest BCUT2D eigenvalue weighted by Crippen LogP contribution is -2.35. The highest BCUT2D eigenvalue weighted by atomic mass is 32.2. The molecule has 0 fully saturated rings. The van der Waals surface area contributed by atoms with E-state index in [0.29, 0.717) is 10.8 Å². The van der Waals surface area contributed by atoms with Crippen LogP contribution in [0.4, 0.5) is 0 Å². The minimum absolute atomic E-state index is 0.0553. The highest BCUT2D eigenvalue weighted by molar-refractivity contribution is 7.94. The van der Waals surface area contributed by atoms with Crippen LogP contribution < -0.4 is 5.32 Å². The SMILES string of the molecule is CC(C)C(C)NC(=O)c1ccc(S(=O)(=O)C(C)C)s1. The number of hydrogen-bond donors (Lipinski definition) is 1. The zero-order valence-electron chi connectivity index (χ0n) is 11.9. The molecule has 0 saturated heterocycles. The van der Waals surface area contributed by atoms with Crippen LogP contribution in [0.3, 0.4) is 0 Å². The smallest absolute Gasteiger partial charge is 0.261 e. The van der Waals surface area contributed by atoms with Crippen LogP contribution in [0.5, 0.6) is 0 Å². The number of amides is 1. The number of hydrogen-bond acceptors (Lipinski definition) is 4. The van der Waals surface area contributed by atoms with E-state index in [-0.39, 0.29) is 16.2 Å². The Morgan fingerprint density at radius 2 is 1.74 bits per heavy atom. The van der Waals surface area contributed by atoms with Gasteiger partial charge < -0.3 is 5.32 Å². The van der Waals surface area contributed by atoms with Gasteiger partial charge in [-0.05, 0) is 38.8 Å². The predicted molar refractivity (Wildman–Crippen MR) is 78.4 cm³/mol. The van der Waals surface area contributed by atoms with Gasteiger partial charge in [-0.2, -0.15) is 0 Å². The zero-order valence-corrected chi connectivity index (χ0v) is 13.6. The van der Waals surface area contributed by atoms with Crippen molar-refractivity contribution in [2.45, 2.75) is 50.1 Å². The lowest BCUT2D eigenvalue weighted by atomic mass is 10.1. The van der Waals surface area contributed by atoms with Gasteiger partial charge in [0.15, 0.2) is 9.84 Å². The molecule has 0 radical (unpaired) electrons. The summed E-state index contributed by atoms with van der Waals surface area (Å²) in [7, 11) is -3.30. The van der Waals surface area contributed by atoms with E-state index in [1.165, 1.54) is 6.07 Å². The lowest BCUT2D eigenvalue weighted by molar-refractivity contribution is 0.0934. The number of rotatable bonds is 5. The summed E-state index contributed by atoms with van der Waals surface area (Å²) in [5.41, 5.74) is 0. The zero-order chi connectivity index (χ0) is 14.8. The second-order valence-electron chi connectivity index (χ2n) is 5.22. The summed E-state index contributed by atoms with van der Waals surface area (Å²) in [6.45, 7) is 9.25. The molecule has 0 aliphatic carbocycles. The standard InChI is InChI=1S/C13H21NO3S2/c1-8(2)10(5)14-13(15)11-6-7-12(18-11)19(16,17)9(3)4/h6-10H,1-5H3,(H,14,15). The van der Waals surface area contributed by atoms with Crippen molar-refractivity contribution in [1.82, 2.24) is 5.32 Å². The second-order valence-corrected chi connectivity index (χ2v) is 9.03. The lowest BCUT2D eigenvalue weighted by Gasteiger charge is -2.16. The molecule has 1 aromatic heterocycles. The first kappa shape index (κ1) is 16.2. The van der Waals surface area contributed by atoms with Gasteiger partial charge in [0.05, 0.1) is 10.1 Å². The molecule has 1 atom stereocenters. The van der Waals surface area contributed by atoms with Crippen LogP contribution in [0, 0.1) is 5.92 Å². The minimum atomic E-state index is -3.30. The molecule has 1 unspecified atom stereocenters. The van der Waals surface area contributed by atoms with Gasteiger partial charge in [0.2, 0.25) is 0 Å². The van der Waals surface area contributed by atoms with E-state index in [1.807, 2.05) is 20.8 Å². The third kappa shape index (κ3) is 3.79. The molecule has 6 heteroatoms. The van der Waals surface area contributed by atoms with Crippen molar-refractivity contribution in [2.75, 3.05) is 0 Å². The first-order chi connectivity index (χ1) is 8.66. The molecule has 0 aromatic carbocycles. The average Bonchev–Trinajstić information content (AvgIpc) is 2.78. The van der Waals surface area contributed by atoms with Gasteiger partial charge in [-0.3, -0.25) is 4.79 Å². The number of nitrogens with one attached hydrogen (secondary N) is 1. The van der Waals surface area contributed by atoms with Crippen molar-refractivity contribution >= 4 is 27.1 Å². The Morgan fingerprint density at radius 3 is 2.21 bits per heavy atom. The summed E-state index contributed by atoms with van der Waals surface area (Å²) >= 11 is 1.03. The minimum Gasteiger partial charge on any atom is -0.349 e. The molecule has 0 saturated carbocycles. The Kier molecular flexibility index (Phi) is 5.15. The van der Waals surface area contributed by atoms with E-state index in [9.17, 15) is 13.2 Å². The topological polar surface area (TPSA) is 63.2 Å². The van der Waals surface area contributed by atoms with E-state index in [1.54, 1.807) is 19.9 Å². The molecule has 0 aliphatic rings. The maximum Gasteiger partial charge on any atom is 0.261 e. The number of thiophene rings is 1. The molecule has 1 rings (SSSR count). The molecular weight excluding hydrogens is 282 g/mol. The highest BCUT2D eigenvalue weighted by Crippen LogP contribution is 2.25. The molecule has 1 amide bonds. The molecule has 1 heterocycles. The summed E-state index contributed by atoms with van der Waals surface area (Å²) in [5, 5.41) is 2.39. The van der Waals surface area contributed by atoms with Crippen molar-refractivity contribution < 1.29 is 13.2 Å². The van der Waals surface area contributed by atoms with Gasteiger partial charge in [0, 0.05) is 6.04 Å². The predicted octanol–water partition coefficient (Wildman–Crippen LogP) is 2.70. The van der Waals surface area contributed by atoms with Crippen LogP contribution in [-0.4, -0.2) is 25.6 Å². The molecule has 0 aliphatic heterocycles. The third-order valence-electron chi connectivity index (χ3n) is 3.06. The average molecular weight is 303 g/mol. The summed E-state index contributed by atoms with van der Waals surface area (Å²) in [6.07, 6.45) is 0. The van der Waals surface area contributed by atoms with Gasteiger partial charge in [-0.15, -0.1) is 11.3 Å². The fourth-order valence-corrected chi connectivity index (χ4v) is 3.95. The summed E-state index contributed by atoms with van der Waals surface area (Å²) in [5.74, 6) is 0.124. The maximum atomic E-state index is 12.0. The Labute approximate surface area is 119 Å². The molecular formula is C13H21NO3S2. The van der Waals surface area contributed by atoms with E-state index in [4.69, 9.17) is 0 Å². The molecule has 4 nitrogen and oxygen atoms in total. The van der Waals surface area contributed by atoms with Crippen molar-refractivity contribution in [2.24, 2.45) is 5.92 Å². The first-order valence-electron chi connectivity index (χ1n) is 6.30. The van der Waals surface area contributed by atoms with Gasteiger partial charge in [-0.1, -0.05) is 13.8 Å². The monoisotopic (exact) mass is 303 g/mol. The highest BCUT2D eigenvalue weighted by Gasteiger charge is 2.23. The largest absolute Gasteiger partial charge is 0.349 e. The summed E-state index contributed by atoms with van der Waals surface area (Å²) < 4.78 is 24.2. The van der Waals surface area contributed by atoms with E-state index >= 15 is 0 Å². The molecule has 1 N–H and O–H groups in total. The normalized spacial score (nSPS) is 13.8. The van der Waals surface area contributed by atoms with Crippen LogP contribution in [0.25, 0.3) is 0 Å². The van der Waals surface area contributed by atoms with Crippen molar-refractivity contribution in [1.29, 1.82) is 0 Å². The van der Waals surface area contributed by atoms with Crippen LogP contribution in [-0.2, 0) is 9.84 Å². The van der Waals surface area contributed by atoms with E-state index in [2.05, 4.69) is 5.32 Å². The van der Waals surface area contributed by atoms with Crippen molar-refractivity contribution in [3.05, 3.63) is 17.0 Å². The number of carbonyl (C=O) groups is 1. The van der Waals surface area contributed by atoms with Crippen LogP contribution in [0.15, 0.2) is 16.3 Å². The molecule has 19 heavy (non-hydrogen) atoms. The Hall–Kier alpha value is -0.880. The second kappa shape index (κ2) is 6.05. The van der Waals surface area contributed by atoms with Crippen LogP contribution >= 0.6 is 11.3 Å². The molecule has 0 spiro atoms. The van der Waals surface area contributed by atoms with Crippen molar-refractivity contribution in [3.63, 3.8) is 0 Å². The van der Waals surface area contributed by atoms with E-state index in [0.717, 1.165) is 11.3 Å². The molecule has 1 aromatic rings. The third-order valence-corrected chi connectivity index (χ3v) is 6.83. The van der Waals surface area contributed by atoms with Crippen molar-refractivity contribution in [3.8, 4) is 0 Å². The van der Waals surface area contributed by atoms with E-state index < -0.39 is 15.1 Å².